The number of hydrogen-bond donors (Lipinski definition) is 1. The molecule has 0 amide bonds. The van der Waals surface area contributed by atoms with Gasteiger partial charge in [-0.3, -0.25) is 4.98 Å². The third kappa shape index (κ3) is 2.60. The SMILES string of the molecule is c1ncc(-c2ncc3c(n2)CCC(CNC2CC2)C3)s1. The molecule has 0 bridgehead atoms. The number of rotatable bonds is 4. The van der Waals surface area contributed by atoms with E-state index in [1.165, 1.54) is 30.5 Å². The lowest BCUT2D eigenvalue weighted by molar-refractivity contribution is 0.418. The number of nitrogens with zero attached hydrogens (tertiary/aromatic N) is 3. The summed E-state index contributed by atoms with van der Waals surface area (Å²) in [6.45, 7) is 1.15. The summed E-state index contributed by atoms with van der Waals surface area (Å²) in [5.41, 5.74) is 4.41. The van der Waals surface area contributed by atoms with Crippen LogP contribution in [0.15, 0.2) is 17.9 Å². The molecule has 0 saturated heterocycles. The summed E-state index contributed by atoms with van der Waals surface area (Å²) in [6.07, 6.45) is 10.1. The van der Waals surface area contributed by atoms with Crippen LogP contribution in [0.1, 0.15) is 30.5 Å². The average molecular weight is 286 g/mol. The summed E-state index contributed by atoms with van der Waals surface area (Å²) in [5.74, 6) is 1.58. The molecule has 1 N–H and O–H groups in total. The van der Waals surface area contributed by atoms with Crippen molar-refractivity contribution in [3.05, 3.63) is 29.2 Å². The predicted molar refractivity (Wildman–Crippen MR) is 79.7 cm³/mol. The quantitative estimate of drug-likeness (QED) is 0.938. The molecule has 1 unspecified atom stereocenters. The highest BCUT2D eigenvalue weighted by Gasteiger charge is 2.25. The number of thiazole rings is 1. The molecule has 1 fully saturated rings. The van der Waals surface area contributed by atoms with E-state index in [4.69, 9.17) is 4.98 Å². The summed E-state index contributed by atoms with van der Waals surface area (Å²) >= 11 is 1.60. The zero-order valence-electron chi connectivity index (χ0n) is 11.4. The van der Waals surface area contributed by atoms with Gasteiger partial charge in [-0.15, -0.1) is 11.3 Å². The van der Waals surface area contributed by atoms with E-state index in [9.17, 15) is 0 Å². The Hall–Kier alpha value is -1.33. The van der Waals surface area contributed by atoms with Gasteiger partial charge < -0.3 is 5.32 Å². The van der Waals surface area contributed by atoms with E-state index in [-0.39, 0.29) is 0 Å². The molecule has 0 radical (unpaired) electrons. The monoisotopic (exact) mass is 286 g/mol. The minimum Gasteiger partial charge on any atom is -0.314 e. The van der Waals surface area contributed by atoms with Gasteiger partial charge in [0, 0.05) is 24.1 Å². The highest BCUT2D eigenvalue weighted by molar-refractivity contribution is 7.13. The van der Waals surface area contributed by atoms with Gasteiger partial charge in [0.1, 0.15) is 0 Å². The molecule has 2 aromatic heterocycles. The summed E-state index contributed by atoms with van der Waals surface area (Å²) in [6, 6.07) is 0.807. The lowest BCUT2D eigenvalue weighted by atomic mass is 9.87. The third-order valence-corrected chi connectivity index (χ3v) is 4.95. The fraction of sp³-hybridized carbons (Fsp3) is 0.533. The van der Waals surface area contributed by atoms with E-state index in [1.807, 2.05) is 17.9 Å². The predicted octanol–water partition coefficient (Wildman–Crippen LogP) is 2.46. The topological polar surface area (TPSA) is 50.7 Å². The van der Waals surface area contributed by atoms with Crippen LogP contribution in [0, 0.1) is 5.92 Å². The van der Waals surface area contributed by atoms with E-state index in [0.29, 0.717) is 0 Å². The molecule has 2 aliphatic carbocycles. The molecule has 0 aliphatic heterocycles. The molecule has 104 valence electrons. The number of hydrogen-bond acceptors (Lipinski definition) is 5. The Morgan fingerprint density at radius 2 is 2.20 bits per heavy atom. The van der Waals surface area contributed by atoms with Crippen molar-refractivity contribution in [2.45, 2.75) is 38.1 Å². The van der Waals surface area contributed by atoms with Crippen LogP contribution in [0.4, 0.5) is 0 Å². The molecule has 4 rings (SSSR count). The highest BCUT2D eigenvalue weighted by atomic mass is 32.1. The summed E-state index contributed by atoms with van der Waals surface area (Å²) in [4.78, 5) is 14.4. The molecule has 0 aromatic carbocycles. The Bertz CT molecular complexity index is 592. The molecular weight excluding hydrogens is 268 g/mol. The van der Waals surface area contributed by atoms with Crippen molar-refractivity contribution in [1.82, 2.24) is 20.3 Å². The first-order chi connectivity index (χ1) is 9.88. The Kier molecular flexibility index (Phi) is 3.24. The van der Waals surface area contributed by atoms with Crippen LogP contribution >= 0.6 is 11.3 Å². The summed E-state index contributed by atoms with van der Waals surface area (Å²) < 4.78 is 0. The van der Waals surface area contributed by atoms with Crippen molar-refractivity contribution in [1.29, 1.82) is 0 Å². The van der Waals surface area contributed by atoms with E-state index in [1.54, 1.807) is 11.3 Å². The van der Waals surface area contributed by atoms with Gasteiger partial charge in [-0.25, -0.2) is 9.97 Å². The standard InChI is InChI=1S/C15H18N4S/c1-4-13-11(5-10(1)6-17-12-2-3-12)7-18-15(19-13)14-8-16-9-20-14/h7-10,12,17H,1-6H2. The molecule has 0 spiro atoms. The van der Waals surface area contributed by atoms with Crippen LogP contribution < -0.4 is 5.32 Å². The molecule has 4 nitrogen and oxygen atoms in total. The van der Waals surface area contributed by atoms with Crippen molar-refractivity contribution < 1.29 is 0 Å². The van der Waals surface area contributed by atoms with Crippen molar-refractivity contribution in [2.24, 2.45) is 5.92 Å². The first kappa shape index (κ1) is 12.4. The third-order valence-electron chi connectivity index (χ3n) is 4.18. The molecule has 2 aromatic rings. The normalized spacial score (nSPS) is 21.7. The average Bonchev–Trinajstić information content (AvgIpc) is 3.16. The van der Waals surface area contributed by atoms with Gasteiger partial charge in [0.05, 0.1) is 10.4 Å². The Labute approximate surface area is 122 Å². The minimum atomic E-state index is 0.751. The Morgan fingerprint density at radius 1 is 1.25 bits per heavy atom. The van der Waals surface area contributed by atoms with Crippen LogP contribution in [0.25, 0.3) is 10.7 Å². The number of nitrogens with one attached hydrogen (secondary N) is 1. The van der Waals surface area contributed by atoms with Gasteiger partial charge in [0.2, 0.25) is 0 Å². The smallest absolute Gasteiger partial charge is 0.171 e. The van der Waals surface area contributed by atoms with Crippen molar-refractivity contribution in [2.75, 3.05) is 6.54 Å². The second-order valence-electron chi connectivity index (χ2n) is 5.82. The van der Waals surface area contributed by atoms with Gasteiger partial charge in [-0.05, 0) is 50.1 Å². The van der Waals surface area contributed by atoms with E-state index >= 15 is 0 Å². The van der Waals surface area contributed by atoms with Crippen molar-refractivity contribution in [3.63, 3.8) is 0 Å². The molecular formula is C15H18N4S. The zero-order chi connectivity index (χ0) is 13.4. The van der Waals surface area contributed by atoms with E-state index < -0.39 is 0 Å². The molecule has 1 saturated carbocycles. The molecule has 1 atom stereocenters. The zero-order valence-corrected chi connectivity index (χ0v) is 12.2. The molecule has 2 heterocycles. The fourth-order valence-electron chi connectivity index (χ4n) is 2.82. The highest BCUT2D eigenvalue weighted by Crippen LogP contribution is 2.27. The van der Waals surface area contributed by atoms with E-state index in [0.717, 1.165) is 42.0 Å². The fourth-order valence-corrected chi connectivity index (χ4v) is 3.38. The van der Waals surface area contributed by atoms with Crippen LogP contribution in [0.5, 0.6) is 0 Å². The van der Waals surface area contributed by atoms with Crippen LogP contribution in [-0.4, -0.2) is 27.5 Å². The van der Waals surface area contributed by atoms with Gasteiger partial charge in [-0.2, -0.15) is 0 Å². The number of aromatic nitrogens is 3. The lowest BCUT2D eigenvalue weighted by Crippen LogP contribution is -2.29. The maximum absolute atomic E-state index is 4.74. The van der Waals surface area contributed by atoms with E-state index in [2.05, 4.69) is 15.3 Å². The van der Waals surface area contributed by atoms with Crippen LogP contribution in [0.2, 0.25) is 0 Å². The van der Waals surface area contributed by atoms with Gasteiger partial charge >= 0.3 is 0 Å². The van der Waals surface area contributed by atoms with Crippen LogP contribution in [0.3, 0.4) is 0 Å². The van der Waals surface area contributed by atoms with Crippen molar-refractivity contribution >= 4 is 11.3 Å². The minimum absolute atomic E-state index is 0.751. The van der Waals surface area contributed by atoms with Gasteiger partial charge in [0.15, 0.2) is 5.82 Å². The maximum atomic E-state index is 4.74. The molecule has 5 heteroatoms. The maximum Gasteiger partial charge on any atom is 0.171 e. The second kappa shape index (κ2) is 5.22. The Balaban J connectivity index is 1.48. The second-order valence-corrected chi connectivity index (χ2v) is 6.71. The molecule has 20 heavy (non-hydrogen) atoms. The lowest BCUT2D eigenvalue weighted by Gasteiger charge is -2.24. The molecule has 2 aliphatic rings. The first-order valence-electron chi connectivity index (χ1n) is 7.35. The Morgan fingerprint density at radius 3 is 3.00 bits per heavy atom. The van der Waals surface area contributed by atoms with Gasteiger partial charge in [-0.1, -0.05) is 0 Å². The van der Waals surface area contributed by atoms with Gasteiger partial charge in [0.25, 0.3) is 0 Å². The number of fused-ring (bicyclic) bond motifs is 1. The first-order valence-corrected chi connectivity index (χ1v) is 8.23. The van der Waals surface area contributed by atoms with Crippen molar-refractivity contribution in [3.8, 4) is 10.7 Å². The largest absolute Gasteiger partial charge is 0.314 e. The number of aryl methyl sites for hydroxylation is 1. The summed E-state index contributed by atoms with van der Waals surface area (Å²) in [7, 11) is 0. The van der Waals surface area contributed by atoms with Crippen LogP contribution in [-0.2, 0) is 12.8 Å². The summed E-state index contributed by atoms with van der Waals surface area (Å²) in [5, 5.41) is 3.64.